The number of hydrogen-bond acceptors (Lipinski definition) is 2. The van der Waals surface area contributed by atoms with E-state index >= 15 is 0 Å². The minimum absolute atomic E-state index is 0.366. The van der Waals surface area contributed by atoms with E-state index < -0.39 is 0 Å². The van der Waals surface area contributed by atoms with Gasteiger partial charge in [-0.3, -0.25) is 5.43 Å². The number of aliphatic imine (C=N–C) groups is 1. The van der Waals surface area contributed by atoms with Gasteiger partial charge in [-0.25, -0.2) is 10.8 Å². The fraction of sp³-hybridized carbons (Fsp3) is 0.889. The van der Waals surface area contributed by atoms with E-state index in [1.165, 1.54) is 32.1 Å². The molecule has 0 radical (unpaired) electrons. The smallest absolute Gasteiger partial charge is 0.203 e. The van der Waals surface area contributed by atoms with E-state index in [-0.39, 0.29) is 0 Å². The van der Waals surface area contributed by atoms with Crippen LogP contribution in [-0.4, -0.2) is 12.0 Å². The molecule has 0 aromatic carbocycles. The lowest BCUT2D eigenvalue weighted by atomic mass is 9.97. The molecule has 0 unspecified atom stereocenters. The molecule has 76 valence electrons. The van der Waals surface area contributed by atoms with Crippen LogP contribution in [-0.2, 0) is 0 Å². The van der Waals surface area contributed by atoms with Gasteiger partial charge in [0.05, 0.1) is 6.04 Å². The Kier molecular flexibility index (Phi) is 4.60. The van der Waals surface area contributed by atoms with Crippen molar-refractivity contribution in [1.29, 1.82) is 0 Å². The summed E-state index contributed by atoms with van der Waals surface area (Å²) in [6.45, 7) is 0. The summed E-state index contributed by atoms with van der Waals surface area (Å²) in [4.78, 5) is 4.31. The second-order valence-corrected chi connectivity index (χ2v) is 3.66. The molecular formula is C9H20N4. The summed E-state index contributed by atoms with van der Waals surface area (Å²) in [5.41, 5.74) is 7.88. The second kappa shape index (κ2) is 5.80. The van der Waals surface area contributed by atoms with Crippen molar-refractivity contribution in [2.24, 2.45) is 16.6 Å². The van der Waals surface area contributed by atoms with Crippen LogP contribution in [0.4, 0.5) is 0 Å². The van der Waals surface area contributed by atoms with Crippen LogP contribution in [0.3, 0.4) is 0 Å². The second-order valence-electron chi connectivity index (χ2n) is 3.66. The predicted molar refractivity (Wildman–Crippen MR) is 55.1 cm³/mol. The van der Waals surface area contributed by atoms with Gasteiger partial charge in [0.25, 0.3) is 0 Å². The molecule has 0 aromatic heterocycles. The third-order valence-electron chi connectivity index (χ3n) is 2.54. The van der Waals surface area contributed by atoms with Gasteiger partial charge in [0.15, 0.2) is 0 Å². The number of guanidine groups is 1. The molecule has 0 amide bonds. The molecule has 5 N–H and O–H groups in total. The number of hydrazine groups is 1. The van der Waals surface area contributed by atoms with Gasteiger partial charge >= 0.3 is 0 Å². The van der Waals surface area contributed by atoms with E-state index in [1.807, 2.05) is 0 Å². The minimum Gasteiger partial charge on any atom is -0.369 e. The van der Waals surface area contributed by atoms with E-state index in [2.05, 4.69) is 10.4 Å². The molecule has 1 aliphatic carbocycles. The van der Waals surface area contributed by atoms with Gasteiger partial charge in [-0.05, 0) is 12.8 Å². The monoisotopic (exact) mass is 184 g/mol. The first-order chi connectivity index (χ1) is 6.33. The van der Waals surface area contributed by atoms with Gasteiger partial charge in [-0.1, -0.05) is 32.1 Å². The Hall–Kier alpha value is -0.770. The fourth-order valence-corrected chi connectivity index (χ4v) is 1.80. The summed E-state index contributed by atoms with van der Waals surface area (Å²) >= 11 is 0. The van der Waals surface area contributed by atoms with E-state index in [9.17, 15) is 0 Å². The molecule has 0 spiro atoms. The molecule has 4 nitrogen and oxygen atoms in total. The standard InChI is InChI=1S/C9H20N4/c10-9(13-11)12-8-6-4-2-1-3-5-7-8/h8H,1-7,11H2,(H3,10,12,13). The number of nitrogens with one attached hydrogen (secondary N) is 1. The average Bonchev–Trinajstić information content (AvgIpc) is 2.09. The van der Waals surface area contributed by atoms with Crippen LogP contribution in [0.1, 0.15) is 44.9 Å². The van der Waals surface area contributed by atoms with E-state index in [1.54, 1.807) is 0 Å². The zero-order valence-electron chi connectivity index (χ0n) is 8.13. The SMILES string of the molecule is NNC(N)=NC1CCCCCCC1. The molecule has 1 fully saturated rings. The first-order valence-electron chi connectivity index (χ1n) is 5.13. The van der Waals surface area contributed by atoms with Crippen molar-refractivity contribution in [2.75, 3.05) is 0 Å². The van der Waals surface area contributed by atoms with Crippen LogP contribution in [0.5, 0.6) is 0 Å². The molecule has 13 heavy (non-hydrogen) atoms. The van der Waals surface area contributed by atoms with Gasteiger partial charge in [-0.2, -0.15) is 0 Å². The summed E-state index contributed by atoms with van der Waals surface area (Å²) < 4.78 is 0. The highest BCUT2D eigenvalue weighted by atomic mass is 15.3. The van der Waals surface area contributed by atoms with Crippen molar-refractivity contribution >= 4 is 5.96 Å². The van der Waals surface area contributed by atoms with E-state index in [0.717, 1.165) is 12.8 Å². The minimum atomic E-state index is 0.366. The van der Waals surface area contributed by atoms with Gasteiger partial charge in [-0.15, -0.1) is 0 Å². The first kappa shape index (κ1) is 10.3. The van der Waals surface area contributed by atoms with Crippen LogP contribution in [0.15, 0.2) is 4.99 Å². The quantitative estimate of drug-likeness (QED) is 0.245. The Morgan fingerprint density at radius 2 is 1.62 bits per heavy atom. The maximum absolute atomic E-state index is 5.51. The molecule has 1 aliphatic rings. The average molecular weight is 184 g/mol. The topological polar surface area (TPSA) is 76.4 Å². The lowest BCUT2D eigenvalue weighted by molar-refractivity contribution is 0.454. The van der Waals surface area contributed by atoms with Gasteiger partial charge < -0.3 is 5.73 Å². The van der Waals surface area contributed by atoms with Crippen LogP contribution >= 0.6 is 0 Å². The molecule has 0 saturated heterocycles. The van der Waals surface area contributed by atoms with E-state index in [0.29, 0.717) is 12.0 Å². The van der Waals surface area contributed by atoms with Gasteiger partial charge in [0.1, 0.15) is 0 Å². The van der Waals surface area contributed by atoms with Crippen LogP contribution < -0.4 is 17.0 Å². The predicted octanol–water partition coefficient (Wildman–Crippen LogP) is 0.877. The highest BCUT2D eigenvalue weighted by Crippen LogP contribution is 2.19. The highest BCUT2D eigenvalue weighted by Gasteiger charge is 2.09. The maximum Gasteiger partial charge on any atom is 0.203 e. The Morgan fingerprint density at radius 3 is 2.15 bits per heavy atom. The van der Waals surface area contributed by atoms with Crippen LogP contribution in [0, 0.1) is 0 Å². The lowest BCUT2D eigenvalue weighted by Crippen LogP contribution is -2.38. The maximum atomic E-state index is 5.51. The molecule has 0 aliphatic heterocycles. The third kappa shape index (κ3) is 4.12. The molecule has 1 rings (SSSR count). The Morgan fingerprint density at radius 1 is 1.08 bits per heavy atom. The van der Waals surface area contributed by atoms with Crippen molar-refractivity contribution in [3.8, 4) is 0 Å². The normalized spacial score (nSPS) is 22.1. The zero-order chi connectivity index (χ0) is 9.52. The largest absolute Gasteiger partial charge is 0.369 e. The summed E-state index contributed by atoms with van der Waals surface area (Å²) in [7, 11) is 0. The first-order valence-corrected chi connectivity index (χ1v) is 5.13. The van der Waals surface area contributed by atoms with Gasteiger partial charge in [0.2, 0.25) is 5.96 Å². The molecule has 0 aromatic rings. The summed E-state index contributed by atoms with van der Waals surface area (Å²) in [5.74, 6) is 5.52. The van der Waals surface area contributed by atoms with Crippen molar-refractivity contribution in [3.05, 3.63) is 0 Å². The molecule has 1 saturated carbocycles. The summed E-state index contributed by atoms with van der Waals surface area (Å²) in [5, 5.41) is 0. The summed E-state index contributed by atoms with van der Waals surface area (Å²) in [6, 6.07) is 0.386. The molecule has 0 bridgehead atoms. The van der Waals surface area contributed by atoms with Crippen LogP contribution in [0.25, 0.3) is 0 Å². The van der Waals surface area contributed by atoms with Crippen molar-refractivity contribution in [1.82, 2.24) is 5.43 Å². The third-order valence-corrected chi connectivity index (χ3v) is 2.54. The Balaban J connectivity index is 2.37. The Labute approximate surface area is 79.7 Å². The molecule has 0 heterocycles. The highest BCUT2D eigenvalue weighted by molar-refractivity contribution is 5.77. The number of nitrogens with zero attached hydrogens (tertiary/aromatic N) is 1. The molecular weight excluding hydrogens is 164 g/mol. The molecule has 0 atom stereocenters. The fourth-order valence-electron chi connectivity index (χ4n) is 1.80. The zero-order valence-corrected chi connectivity index (χ0v) is 8.13. The summed E-state index contributed by atoms with van der Waals surface area (Å²) in [6.07, 6.45) is 8.90. The van der Waals surface area contributed by atoms with Crippen molar-refractivity contribution in [2.45, 2.75) is 51.0 Å². The van der Waals surface area contributed by atoms with Gasteiger partial charge in [0, 0.05) is 0 Å². The van der Waals surface area contributed by atoms with Crippen molar-refractivity contribution < 1.29 is 0 Å². The number of hydrogen-bond donors (Lipinski definition) is 3. The lowest BCUT2D eigenvalue weighted by Gasteiger charge is -2.16. The van der Waals surface area contributed by atoms with E-state index in [4.69, 9.17) is 11.6 Å². The van der Waals surface area contributed by atoms with Crippen LogP contribution in [0.2, 0.25) is 0 Å². The molecule has 4 heteroatoms. The number of rotatable bonds is 1. The Bertz CT molecular complexity index is 159. The number of nitrogens with two attached hydrogens (primary N) is 2. The van der Waals surface area contributed by atoms with Crippen molar-refractivity contribution in [3.63, 3.8) is 0 Å².